The minimum absolute atomic E-state index is 0.107. The second kappa shape index (κ2) is 10.4. The van der Waals surface area contributed by atoms with Crippen molar-refractivity contribution in [3.63, 3.8) is 0 Å². The standard InChI is InChI=1S/C21H28N4O3S/c1-24(2)18(19-4-3-13-29-19)15-22-21(27)23-17-7-5-16(6-8-17)14-20(26)25-9-11-28-12-10-25/h3-8,13,18H,9-12,14-15H2,1-2H3,(H2,22,23,27). The lowest BCUT2D eigenvalue weighted by Gasteiger charge is -2.26. The lowest BCUT2D eigenvalue weighted by atomic mass is 10.1. The van der Waals surface area contributed by atoms with Crippen molar-refractivity contribution in [2.45, 2.75) is 12.5 Å². The zero-order valence-electron chi connectivity index (χ0n) is 16.9. The molecular formula is C21H28N4O3S. The van der Waals surface area contributed by atoms with Gasteiger partial charge in [0.15, 0.2) is 0 Å². The third-order valence-corrected chi connectivity index (χ3v) is 5.86. The average molecular weight is 417 g/mol. The molecule has 1 aliphatic rings. The summed E-state index contributed by atoms with van der Waals surface area (Å²) in [4.78, 5) is 29.7. The third kappa shape index (κ3) is 6.28. The Hall–Kier alpha value is -2.42. The predicted molar refractivity (Wildman–Crippen MR) is 115 cm³/mol. The Labute approximate surface area is 175 Å². The Bertz CT molecular complexity index is 787. The quantitative estimate of drug-likeness (QED) is 0.728. The van der Waals surface area contributed by atoms with Crippen LogP contribution >= 0.6 is 11.3 Å². The van der Waals surface area contributed by atoms with Crippen LogP contribution in [0.2, 0.25) is 0 Å². The van der Waals surface area contributed by atoms with E-state index in [1.807, 2.05) is 54.7 Å². The number of carbonyl (C=O) groups excluding carboxylic acids is 2. The van der Waals surface area contributed by atoms with Gasteiger partial charge in [-0.2, -0.15) is 0 Å². The van der Waals surface area contributed by atoms with Gasteiger partial charge in [-0.25, -0.2) is 4.79 Å². The van der Waals surface area contributed by atoms with Crippen LogP contribution < -0.4 is 10.6 Å². The first-order valence-electron chi connectivity index (χ1n) is 9.72. The summed E-state index contributed by atoms with van der Waals surface area (Å²) in [5.41, 5.74) is 1.63. The molecule has 0 bridgehead atoms. The Morgan fingerprint density at radius 2 is 1.90 bits per heavy atom. The topological polar surface area (TPSA) is 73.9 Å². The van der Waals surface area contributed by atoms with Crippen molar-refractivity contribution >= 4 is 29.0 Å². The van der Waals surface area contributed by atoms with Gasteiger partial charge in [0.1, 0.15) is 0 Å². The van der Waals surface area contributed by atoms with Crippen molar-refractivity contribution < 1.29 is 14.3 Å². The number of urea groups is 1. The summed E-state index contributed by atoms with van der Waals surface area (Å²) in [5.74, 6) is 0.107. The first kappa shape index (κ1) is 21.3. The number of likely N-dealkylation sites (N-methyl/N-ethyl adjacent to an activating group) is 1. The van der Waals surface area contributed by atoms with E-state index in [9.17, 15) is 9.59 Å². The molecule has 2 aromatic rings. The maximum Gasteiger partial charge on any atom is 0.319 e. The Balaban J connectivity index is 1.47. The summed E-state index contributed by atoms with van der Waals surface area (Å²) in [6, 6.07) is 11.4. The predicted octanol–water partition coefficient (Wildman–Crippen LogP) is 2.57. The van der Waals surface area contributed by atoms with Gasteiger partial charge in [0.2, 0.25) is 5.91 Å². The molecule has 0 spiro atoms. The maximum absolute atomic E-state index is 12.3. The highest BCUT2D eigenvalue weighted by Gasteiger charge is 2.18. The molecule has 7 nitrogen and oxygen atoms in total. The van der Waals surface area contributed by atoms with Crippen molar-refractivity contribution in [3.8, 4) is 0 Å². The molecule has 1 atom stereocenters. The minimum atomic E-state index is -0.245. The highest BCUT2D eigenvalue weighted by Crippen LogP contribution is 2.22. The number of rotatable bonds is 7. The summed E-state index contributed by atoms with van der Waals surface area (Å²) < 4.78 is 5.28. The van der Waals surface area contributed by atoms with Crippen molar-refractivity contribution in [2.24, 2.45) is 0 Å². The van der Waals surface area contributed by atoms with Crippen molar-refractivity contribution in [1.82, 2.24) is 15.1 Å². The van der Waals surface area contributed by atoms with E-state index in [1.54, 1.807) is 11.3 Å². The van der Waals surface area contributed by atoms with Crippen LogP contribution in [0.5, 0.6) is 0 Å². The zero-order chi connectivity index (χ0) is 20.6. The number of nitrogens with one attached hydrogen (secondary N) is 2. The molecule has 1 aromatic heterocycles. The lowest BCUT2D eigenvalue weighted by Crippen LogP contribution is -2.41. The van der Waals surface area contributed by atoms with Crippen LogP contribution in [0.15, 0.2) is 41.8 Å². The average Bonchev–Trinajstić information content (AvgIpc) is 3.24. The molecule has 1 saturated heterocycles. The Kier molecular flexibility index (Phi) is 7.62. The summed E-state index contributed by atoms with van der Waals surface area (Å²) in [6.07, 6.45) is 0.359. The Morgan fingerprint density at radius 3 is 2.52 bits per heavy atom. The van der Waals surface area contributed by atoms with E-state index in [1.165, 1.54) is 4.88 Å². The van der Waals surface area contributed by atoms with Crippen LogP contribution in [-0.4, -0.2) is 68.7 Å². The smallest absolute Gasteiger partial charge is 0.319 e. The monoisotopic (exact) mass is 416 g/mol. The Morgan fingerprint density at radius 1 is 1.17 bits per heavy atom. The maximum atomic E-state index is 12.3. The number of amides is 3. The van der Waals surface area contributed by atoms with Gasteiger partial charge < -0.3 is 25.2 Å². The number of nitrogens with zero attached hydrogens (tertiary/aromatic N) is 2. The molecule has 156 valence electrons. The van der Waals surface area contributed by atoms with Crippen LogP contribution in [-0.2, 0) is 16.0 Å². The fourth-order valence-corrected chi connectivity index (χ4v) is 4.11. The molecule has 0 aliphatic carbocycles. The number of thiophene rings is 1. The molecular weight excluding hydrogens is 388 g/mol. The lowest BCUT2D eigenvalue weighted by molar-refractivity contribution is -0.134. The first-order valence-corrected chi connectivity index (χ1v) is 10.6. The van der Waals surface area contributed by atoms with Gasteiger partial charge in [-0.15, -0.1) is 11.3 Å². The highest BCUT2D eigenvalue weighted by atomic mass is 32.1. The van der Waals surface area contributed by atoms with Gasteiger partial charge in [-0.05, 0) is 43.2 Å². The summed E-state index contributed by atoms with van der Waals surface area (Å²) >= 11 is 1.68. The fraction of sp³-hybridized carbons (Fsp3) is 0.429. The van der Waals surface area contributed by atoms with Crippen LogP contribution in [0.4, 0.5) is 10.5 Å². The van der Waals surface area contributed by atoms with Gasteiger partial charge >= 0.3 is 6.03 Å². The summed E-state index contributed by atoms with van der Waals surface area (Å²) in [7, 11) is 4.00. The first-order chi connectivity index (χ1) is 14.0. The second-order valence-electron chi connectivity index (χ2n) is 7.20. The number of morpholine rings is 1. The zero-order valence-corrected chi connectivity index (χ0v) is 17.7. The number of carbonyl (C=O) groups is 2. The van der Waals surface area contributed by atoms with E-state index >= 15 is 0 Å². The molecule has 1 aromatic carbocycles. The van der Waals surface area contributed by atoms with Gasteiger partial charge in [0.25, 0.3) is 0 Å². The molecule has 29 heavy (non-hydrogen) atoms. The molecule has 3 amide bonds. The van der Waals surface area contributed by atoms with Crippen LogP contribution in [0.25, 0.3) is 0 Å². The molecule has 8 heteroatoms. The van der Waals surface area contributed by atoms with Gasteiger partial charge in [0.05, 0.1) is 25.7 Å². The van der Waals surface area contributed by atoms with E-state index in [4.69, 9.17) is 4.74 Å². The van der Waals surface area contributed by atoms with E-state index < -0.39 is 0 Å². The summed E-state index contributed by atoms with van der Waals surface area (Å²) in [6.45, 7) is 3.03. The van der Waals surface area contributed by atoms with Crippen molar-refractivity contribution in [1.29, 1.82) is 0 Å². The minimum Gasteiger partial charge on any atom is -0.378 e. The van der Waals surface area contributed by atoms with Crippen LogP contribution in [0.1, 0.15) is 16.5 Å². The molecule has 3 rings (SSSR count). The second-order valence-corrected chi connectivity index (χ2v) is 8.18. The number of ether oxygens (including phenoxy) is 1. The van der Waals surface area contributed by atoms with E-state index in [2.05, 4.69) is 21.6 Å². The molecule has 1 fully saturated rings. The highest BCUT2D eigenvalue weighted by molar-refractivity contribution is 7.10. The number of anilines is 1. The van der Waals surface area contributed by atoms with E-state index in [0.29, 0.717) is 45.0 Å². The number of hydrogen-bond acceptors (Lipinski definition) is 5. The number of hydrogen-bond donors (Lipinski definition) is 2. The normalized spacial score (nSPS) is 15.2. The van der Waals surface area contributed by atoms with Crippen molar-refractivity contribution in [3.05, 3.63) is 52.2 Å². The van der Waals surface area contributed by atoms with Gasteiger partial charge in [0, 0.05) is 30.2 Å². The van der Waals surface area contributed by atoms with Crippen molar-refractivity contribution in [2.75, 3.05) is 52.3 Å². The van der Waals surface area contributed by atoms with Gasteiger partial charge in [-0.1, -0.05) is 18.2 Å². The fourth-order valence-electron chi connectivity index (χ4n) is 3.19. The largest absolute Gasteiger partial charge is 0.378 e. The molecule has 2 N–H and O–H groups in total. The van der Waals surface area contributed by atoms with E-state index in [0.717, 1.165) is 5.56 Å². The molecule has 1 unspecified atom stereocenters. The van der Waals surface area contributed by atoms with Gasteiger partial charge in [-0.3, -0.25) is 4.79 Å². The molecule has 1 aliphatic heterocycles. The van der Waals surface area contributed by atoms with Crippen LogP contribution in [0.3, 0.4) is 0 Å². The molecule has 0 radical (unpaired) electrons. The third-order valence-electron chi connectivity index (χ3n) is 4.88. The number of benzene rings is 1. The van der Waals surface area contributed by atoms with Crippen LogP contribution in [0, 0.1) is 0 Å². The summed E-state index contributed by atoms with van der Waals surface area (Å²) in [5, 5.41) is 7.82. The SMILES string of the molecule is CN(C)C(CNC(=O)Nc1ccc(CC(=O)N2CCOCC2)cc1)c1cccs1. The molecule has 2 heterocycles. The molecule has 0 saturated carbocycles. The van der Waals surface area contributed by atoms with E-state index in [-0.39, 0.29) is 18.0 Å².